The zero-order valence-electron chi connectivity index (χ0n) is 13.8. The number of amidine groups is 1. The van der Waals surface area contributed by atoms with Gasteiger partial charge in [0.05, 0.1) is 6.61 Å². The molecule has 2 aliphatic heterocycles. The van der Waals surface area contributed by atoms with E-state index < -0.39 is 42.1 Å². The fourth-order valence-corrected chi connectivity index (χ4v) is 3.96. The zero-order valence-corrected chi connectivity index (χ0v) is 14.6. The van der Waals surface area contributed by atoms with Gasteiger partial charge in [-0.3, -0.25) is 4.99 Å². The van der Waals surface area contributed by atoms with E-state index in [0.29, 0.717) is 10.7 Å². The van der Waals surface area contributed by atoms with Crippen LogP contribution in [-0.4, -0.2) is 64.5 Å². The van der Waals surface area contributed by atoms with Gasteiger partial charge in [-0.15, -0.1) is 0 Å². The number of ether oxygens (including phenoxy) is 2. The fraction of sp³-hybridized carbons (Fsp3) is 0.562. The second-order valence-electron chi connectivity index (χ2n) is 6.00. The highest BCUT2D eigenvalue weighted by Crippen LogP contribution is 2.40. The van der Waals surface area contributed by atoms with E-state index in [9.17, 15) is 23.4 Å². The normalized spacial score (nSPS) is 32.7. The highest BCUT2D eigenvalue weighted by atomic mass is 32.2. The number of nitrogens with one attached hydrogen (secondary N) is 1. The molecule has 0 radical (unpaired) electrons. The molecule has 1 aromatic rings. The van der Waals surface area contributed by atoms with E-state index >= 15 is 0 Å². The Morgan fingerprint density at radius 1 is 1.27 bits per heavy atom. The second-order valence-corrected chi connectivity index (χ2v) is 7.09. The molecule has 0 amide bonds. The summed E-state index contributed by atoms with van der Waals surface area (Å²) in [7, 11) is 1.60. The molecule has 2 aliphatic rings. The Morgan fingerprint density at radius 3 is 2.58 bits per heavy atom. The number of alkyl halides is 3. The molecule has 0 saturated carbocycles. The van der Waals surface area contributed by atoms with Gasteiger partial charge in [-0.25, -0.2) is 0 Å². The molecule has 0 unspecified atom stereocenters. The van der Waals surface area contributed by atoms with Crippen LogP contribution in [-0.2, 0) is 16.1 Å². The van der Waals surface area contributed by atoms with Crippen molar-refractivity contribution in [3.05, 3.63) is 35.9 Å². The summed E-state index contributed by atoms with van der Waals surface area (Å²) in [6.07, 6.45) is -12.2. The second kappa shape index (κ2) is 7.73. The van der Waals surface area contributed by atoms with Crippen LogP contribution in [0.2, 0.25) is 0 Å². The molecular formula is C16H19F3N2O4S. The smallest absolute Gasteiger partial charge is 0.388 e. The summed E-state index contributed by atoms with van der Waals surface area (Å²) in [5, 5.41) is 23.6. The Labute approximate surface area is 152 Å². The van der Waals surface area contributed by atoms with Crippen molar-refractivity contribution in [1.29, 1.82) is 0 Å². The van der Waals surface area contributed by atoms with Gasteiger partial charge >= 0.3 is 6.18 Å². The Kier molecular flexibility index (Phi) is 5.78. The zero-order chi connectivity index (χ0) is 18.9. The molecule has 2 heterocycles. The number of thioether (sulfide) groups is 1. The Balaban J connectivity index is 1.76. The van der Waals surface area contributed by atoms with Crippen molar-refractivity contribution >= 4 is 16.9 Å². The van der Waals surface area contributed by atoms with Crippen LogP contribution in [0.5, 0.6) is 0 Å². The van der Waals surface area contributed by atoms with Gasteiger partial charge < -0.3 is 25.0 Å². The van der Waals surface area contributed by atoms with Gasteiger partial charge in [-0.1, -0.05) is 42.1 Å². The van der Waals surface area contributed by atoms with Crippen LogP contribution in [0.3, 0.4) is 0 Å². The lowest BCUT2D eigenvalue weighted by molar-refractivity contribution is -0.286. The molecule has 1 fully saturated rings. The monoisotopic (exact) mass is 392 g/mol. The molecule has 3 N–H and O–H groups in total. The third-order valence-corrected chi connectivity index (χ3v) is 5.36. The van der Waals surface area contributed by atoms with Crippen molar-refractivity contribution in [2.24, 2.45) is 4.99 Å². The van der Waals surface area contributed by atoms with Gasteiger partial charge in [0, 0.05) is 7.05 Å². The number of fused-ring (bicyclic) bond motifs is 1. The quantitative estimate of drug-likeness (QED) is 0.716. The Bertz CT molecular complexity index is 646. The minimum atomic E-state index is -4.77. The van der Waals surface area contributed by atoms with Gasteiger partial charge in [-0.2, -0.15) is 13.2 Å². The number of halogens is 3. The predicted octanol–water partition coefficient (Wildman–Crippen LogP) is 1.27. The fourth-order valence-electron chi connectivity index (χ4n) is 2.89. The number of aliphatic hydroxyl groups is 2. The van der Waals surface area contributed by atoms with Crippen LogP contribution in [0.4, 0.5) is 13.2 Å². The maximum Gasteiger partial charge on any atom is 0.417 e. The molecule has 6 atom stereocenters. The minimum absolute atomic E-state index is 0.298. The molecule has 1 saturated heterocycles. The summed E-state index contributed by atoms with van der Waals surface area (Å²) in [6.45, 7) is -0.298. The molecule has 10 heteroatoms. The van der Waals surface area contributed by atoms with E-state index in [0.717, 1.165) is 11.8 Å². The topological polar surface area (TPSA) is 83.3 Å². The summed E-state index contributed by atoms with van der Waals surface area (Å²) in [6, 6.07) is 7.55. The van der Waals surface area contributed by atoms with Crippen LogP contribution in [0.25, 0.3) is 0 Å². The number of nitrogens with zero attached hydrogens (tertiary/aromatic N) is 1. The summed E-state index contributed by atoms with van der Waals surface area (Å²) in [4.78, 5) is 4.12. The standard InChI is InChI=1S/C16H19F3N2O4S/c1-20-15-21-9-10(22)11(23)12(25-14(9)26-15)13(16(17,18)19)24-7-8-5-3-2-4-6-8/h2-6,9-14,22-23H,7H2,1H3,(H,20,21)/t9-,10-,11+,12+,13-,14-/m1/s1. The van der Waals surface area contributed by atoms with Crippen molar-refractivity contribution < 1.29 is 32.9 Å². The molecule has 26 heavy (non-hydrogen) atoms. The summed E-state index contributed by atoms with van der Waals surface area (Å²) in [5.74, 6) is 0. The average molecular weight is 392 g/mol. The summed E-state index contributed by atoms with van der Waals surface area (Å²) in [5.41, 5.74) is -0.271. The predicted molar refractivity (Wildman–Crippen MR) is 89.6 cm³/mol. The van der Waals surface area contributed by atoms with Gasteiger partial charge in [0.15, 0.2) is 11.3 Å². The molecule has 1 aromatic carbocycles. The first kappa shape index (κ1) is 19.4. The van der Waals surface area contributed by atoms with Gasteiger partial charge in [-0.05, 0) is 5.56 Å². The number of rotatable bonds is 4. The number of hydrogen-bond donors (Lipinski definition) is 3. The van der Waals surface area contributed by atoms with E-state index in [2.05, 4.69) is 10.3 Å². The first-order chi connectivity index (χ1) is 12.3. The lowest BCUT2D eigenvalue weighted by Gasteiger charge is -2.41. The van der Waals surface area contributed by atoms with E-state index in [1.807, 2.05) is 0 Å². The largest absolute Gasteiger partial charge is 0.417 e. The molecule has 6 nitrogen and oxygen atoms in total. The molecule has 0 spiro atoms. The molecular weight excluding hydrogens is 373 g/mol. The minimum Gasteiger partial charge on any atom is -0.388 e. The average Bonchev–Trinajstić information content (AvgIpc) is 3.02. The maximum atomic E-state index is 13.5. The lowest BCUT2D eigenvalue weighted by Crippen LogP contribution is -2.61. The Morgan fingerprint density at radius 2 is 1.96 bits per heavy atom. The van der Waals surface area contributed by atoms with Gasteiger partial charge in [0.25, 0.3) is 0 Å². The highest BCUT2D eigenvalue weighted by molar-refractivity contribution is 8.14. The van der Waals surface area contributed by atoms with Gasteiger partial charge in [0.1, 0.15) is 29.8 Å². The first-order valence-corrected chi connectivity index (χ1v) is 8.85. The Hall–Kier alpha value is -1.33. The third kappa shape index (κ3) is 3.99. The molecule has 0 aromatic heterocycles. The molecule has 0 bridgehead atoms. The van der Waals surface area contributed by atoms with Crippen LogP contribution in [0, 0.1) is 0 Å². The summed E-state index contributed by atoms with van der Waals surface area (Å²) < 4.78 is 51.2. The van der Waals surface area contributed by atoms with Crippen molar-refractivity contribution in [3.63, 3.8) is 0 Å². The van der Waals surface area contributed by atoms with Crippen molar-refractivity contribution in [1.82, 2.24) is 5.32 Å². The SMILES string of the molecule is CNC1=N[C@@H]2[C@@H](O)[C@H](O)[C@@H]([C@@H](OCc3ccccc3)C(F)(F)F)O[C@@H]2S1. The molecule has 144 valence electrons. The lowest BCUT2D eigenvalue weighted by atomic mass is 9.94. The van der Waals surface area contributed by atoms with Crippen molar-refractivity contribution in [3.8, 4) is 0 Å². The molecule has 3 rings (SSSR count). The van der Waals surface area contributed by atoms with Crippen LogP contribution < -0.4 is 5.32 Å². The maximum absolute atomic E-state index is 13.5. The van der Waals surface area contributed by atoms with E-state index in [1.54, 1.807) is 37.4 Å². The number of aliphatic imine (C=N–C) groups is 1. The number of aliphatic hydroxyl groups excluding tert-OH is 2. The summed E-state index contributed by atoms with van der Waals surface area (Å²) >= 11 is 1.07. The molecule has 0 aliphatic carbocycles. The number of hydrogen-bond acceptors (Lipinski definition) is 7. The van der Waals surface area contributed by atoms with Gasteiger partial charge in [0.2, 0.25) is 0 Å². The van der Waals surface area contributed by atoms with Crippen molar-refractivity contribution in [2.45, 2.75) is 48.7 Å². The van der Waals surface area contributed by atoms with Crippen LogP contribution in [0.15, 0.2) is 35.3 Å². The van der Waals surface area contributed by atoms with Crippen molar-refractivity contribution in [2.75, 3.05) is 7.05 Å². The van der Waals surface area contributed by atoms with E-state index in [1.165, 1.54) is 0 Å². The van der Waals surface area contributed by atoms with Crippen LogP contribution >= 0.6 is 11.8 Å². The first-order valence-electron chi connectivity index (χ1n) is 7.97. The van der Waals surface area contributed by atoms with Crippen LogP contribution in [0.1, 0.15) is 5.56 Å². The van der Waals surface area contributed by atoms with E-state index in [-0.39, 0.29) is 6.61 Å². The number of benzene rings is 1. The highest BCUT2D eigenvalue weighted by Gasteiger charge is 2.57. The van der Waals surface area contributed by atoms with E-state index in [4.69, 9.17) is 9.47 Å². The third-order valence-electron chi connectivity index (χ3n) is 4.21.